The Labute approximate surface area is 247 Å². The number of ether oxygens (including phenoxy) is 1. The number of carbonyl (C=O) groups excluding carboxylic acids is 1. The first-order valence-electron chi connectivity index (χ1n) is 14.3. The van der Waals surface area contributed by atoms with E-state index in [1.807, 2.05) is 47.7 Å². The van der Waals surface area contributed by atoms with E-state index in [-0.39, 0.29) is 17.9 Å². The van der Waals surface area contributed by atoms with E-state index >= 15 is 0 Å². The molecule has 1 aromatic heterocycles. The van der Waals surface area contributed by atoms with E-state index in [2.05, 4.69) is 29.5 Å². The third-order valence-electron chi connectivity index (χ3n) is 7.00. The quantitative estimate of drug-likeness (QED) is 0.202. The van der Waals surface area contributed by atoms with Gasteiger partial charge in [0.1, 0.15) is 0 Å². The van der Waals surface area contributed by atoms with Crippen LogP contribution in [-0.4, -0.2) is 98.6 Å². The van der Waals surface area contributed by atoms with Crippen LogP contribution in [-0.2, 0) is 20.7 Å². The molecule has 0 aliphatic carbocycles. The van der Waals surface area contributed by atoms with E-state index in [9.17, 15) is 19.5 Å². The predicted molar refractivity (Wildman–Crippen MR) is 158 cm³/mol. The van der Waals surface area contributed by atoms with Gasteiger partial charge in [0.2, 0.25) is 0 Å². The molecule has 1 fully saturated rings. The molecule has 3 atom stereocenters. The van der Waals surface area contributed by atoms with Crippen molar-refractivity contribution in [2.45, 2.75) is 65.5 Å². The molecule has 0 bridgehead atoms. The number of aliphatic hydroxyl groups excluding tert-OH is 1. The number of hydrogen-bond acceptors (Lipinski definition) is 8. The smallest absolute Gasteiger partial charge is 0.328 e. The Hall–Kier alpha value is -3.61. The number of unbranched alkanes of at least 4 members (excludes halogenated alkanes) is 1. The van der Waals surface area contributed by atoms with Gasteiger partial charge in [0, 0.05) is 51.5 Å². The van der Waals surface area contributed by atoms with Gasteiger partial charge in [0.25, 0.3) is 5.91 Å². The lowest BCUT2D eigenvalue weighted by molar-refractivity contribution is -0.134. The molecule has 232 valence electrons. The second-order valence-corrected chi connectivity index (χ2v) is 10.9. The van der Waals surface area contributed by atoms with Crippen molar-refractivity contribution in [1.29, 1.82) is 0 Å². The highest BCUT2D eigenvalue weighted by Crippen LogP contribution is 2.24. The number of aryl methyl sites for hydroxylation is 1. The Bertz CT molecular complexity index is 1180. The summed E-state index contributed by atoms with van der Waals surface area (Å²) in [6.07, 6.45) is 3.96. The number of aliphatic hydroxyl groups is 1. The van der Waals surface area contributed by atoms with Crippen LogP contribution >= 0.6 is 0 Å². The predicted octanol–water partition coefficient (Wildman–Crippen LogP) is 2.71. The van der Waals surface area contributed by atoms with Gasteiger partial charge < -0.3 is 30.3 Å². The summed E-state index contributed by atoms with van der Waals surface area (Å²) in [7, 11) is 1.70. The molecule has 12 heteroatoms. The molecule has 0 saturated carbocycles. The summed E-state index contributed by atoms with van der Waals surface area (Å²) < 4.78 is 7.06. The number of piperidine rings is 1. The second kappa shape index (κ2) is 17.4. The highest BCUT2D eigenvalue weighted by Gasteiger charge is 2.34. The Morgan fingerprint density at radius 2 is 1.79 bits per heavy atom. The van der Waals surface area contributed by atoms with Gasteiger partial charge in [0.05, 0.1) is 17.5 Å². The molecule has 0 radical (unpaired) electrons. The number of carboxylic acid groups (broad SMARTS) is 2. The molecule has 1 amide bonds. The summed E-state index contributed by atoms with van der Waals surface area (Å²) in [5.74, 6) is -2.15. The second-order valence-electron chi connectivity index (χ2n) is 10.9. The number of rotatable bonds is 13. The molecule has 2 aromatic rings. The lowest BCUT2D eigenvalue weighted by atomic mass is 9.90. The van der Waals surface area contributed by atoms with E-state index in [0.29, 0.717) is 43.3 Å². The van der Waals surface area contributed by atoms with Crippen molar-refractivity contribution in [3.05, 3.63) is 53.4 Å². The molecule has 2 heterocycles. The van der Waals surface area contributed by atoms with Crippen molar-refractivity contribution >= 4 is 17.8 Å². The highest BCUT2D eigenvalue weighted by atomic mass is 16.5. The molecule has 1 saturated heterocycles. The first kappa shape index (κ1) is 34.6. The number of carbonyl (C=O) groups is 3. The number of aliphatic carboxylic acids is 2. The van der Waals surface area contributed by atoms with Crippen molar-refractivity contribution in [3.8, 4) is 5.69 Å². The van der Waals surface area contributed by atoms with E-state index in [1.165, 1.54) is 0 Å². The Kier molecular flexibility index (Phi) is 14.3. The van der Waals surface area contributed by atoms with E-state index < -0.39 is 18.0 Å². The summed E-state index contributed by atoms with van der Waals surface area (Å²) >= 11 is 0. The summed E-state index contributed by atoms with van der Waals surface area (Å²) in [5, 5.41) is 38.1. The molecule has 12 nitrogen and oxygen atoms in total. The minimum atomic E-state index is -1.26. The van der Waals surface area contributed by atoms with Crippen molar-refractivity contribution in [2.24, 2.45) is 11.8 Å². The first-order chi connectivity index (χ1) is 20.0. The number of benzene rings is 1. The van der Waals surface area contributed by atoms with Gasteiger partial charge in [-0.05, 0) is 63.0 Å². The Morgan fingerprint density at radius 3 is 2.36 bits per heavy atom. The lowest BCUT2D eigenvalue weighted by Gasteiger charge is -2.39. The zero-order valence-electron chi connectivity index (χ0n) is 25.2. The summed E-state index contributed by atoms with van der Waals surface area (Å²) in [6.45, 7) is 10.9. The topological polar surface area (TPSA) is 167 Å². The molecule has 3 rings (SSSR count). The molecule has 4 N–H and O–H groups in total. The van der Waals surface area contributed by atoms with Gasteiger partial charge in [-0.15, -0.1) is 5.10 Å². The van der Waals surface area contributed by atoms with Gasteiger partial charge >= 0.3 is 11.9 Å². The summed E-state index contributed by atoms with van der Waals surface area (Å²) in [6, 6.07) is 8.05. The van der Waals surface area contributed by atoms with Crippen molar-refractivity contribution in [2.75, 3.05) is 33.4 Å². The molecular formula is C30H45N5O7. The van der Waals surface area contributed by atoms with Crippen LogP contribution in [0.5, 0.6) is 0 Å². The number of amides is 1. The largest absolute Gasteiger partial charge is 0.478 e. The van der Waals surface area contributed by atoms with E-state index in [0.717, 1.165) is 49.3 Å². The fourth-order valence-corrected chi connectivity index (χ4v) is 4.85. The van der Waals surface area contributed by atoms with Crippen LogP contribution < -0.4 is 5.32 Å². The molecule has 0 spiro atoms. The maximum atomic E-state index is 14.0. The number of carboxylic acids is 2. The van der Waals surface area contributed by atoms with Crippen molar-refractivity contribution in [3.63, 3.8) is 0 Å². The molecule has 1 aromatic carbocycles. The van der Waals surface area contributed by atoms with E-state index in [1.54, 1.807) is 7.11 Å². The summed E-state index contributed by atoms with van der Waals surface area (Å²) in [5.41, 5.74) is 3.31. The molecule has 1 aliphatic rings. The van der Waals surface area contributed by atoms with Crippen LogP contribution in [0.15, 0.2) is 36.4 Å². The number of nitrogens with one attached hydrogen (secondary N) is 1. The number of nitrogens with zero attached hydrogens (tertiary/aromatic N) is 4. The van der Waals surface area contributed by atoms with Gasteiger partial charge in [-0.3, -0.25) is 4.79 Å². The number of methoxy groups -OCH3 is 1. The Balaban J connectivity index is 0.000000675. The molecule has 42 heavy (non-hydrogen) atoms. The zero-order valence-corrected chi connectivity index (χ0v) is 25.2. The van der Waals surface area contributed by atoms with Gasteiger partial charge in [-0.2, -0.15) is 0 Å². The fraction of sp³-hybridized carbons (Fsp3) is 0.567. The SMILES string of the molecule is COCCCCc1c(C(=O)N(CC(C)C)[C@@H]2CNC[C@H](C(C)O)C2)nnn1-c1ccccc1C.O=C(O)/C=C/C(=O)O. The van der Waals surface area contributed by atoms with E-state index in [4.69, 9.17) is 14.9 Å². The van der Waals surface area contributed by atoms with Crippen LogP contribution in [0, 0.1) is 18.8 Å². The summed E-state index contributed by atoms with van der Waals surface area (Å²) in [4.78, 5) is 35.1. The number of aromatic nitrogens is 3. The standard InChI is InChI=1S/C26H41N5O3.C4H4O4/c1-18(2)17-30(22-14-21(20(4)32)15-27-16-22)26(33)25-24(12-8-9-13-34-5)31(29-28-25)23-11-7-6-10-19(23)3;5-3(6)1-2-4(7)8/h6-7,10-11,18,20-22,27,32H,8-9,12-17H2,1-5H3;1-2H,(H,5,6)(H,7,8)/b;2-1+/t20?,21-,22+;/m1./s1. The number of para-hydroxylation sites is 1. The lowest BCUT2D eigenvalue weighted by Crippen LogP contribution is -2.54. The van der Waals surface area contributed by atoms with Crippen LogP contribution in [0.1, 0.15) is 61.8 Å². The van der Waals surface area contributed by atoms with Gasteiger partial charge in [0.15, 0.2) is 5.69 Å². The van der Waals surface area contributed by atoms with Crippen LogP contribution in [0.3, 0.4) is 0 Å². The highest BCUT2D eigenvalue weighted by molar-refractivity contribution is 5.93. The monoisotopic (exact) mass is 587 g/mol. The van der Waals surface area contributed by atoms with Crippen molar-refractivity contribution in [1.82, 2.24) is 25.2 Å². The average Bonchev–Trinajstić information content (AvgIpc) is 3.36. The Morgan fingerprint density at radius 1 is 1.12 bits per heavy atom. The average molecular weight is 588 g/mol. The van der Waals surface area contributed by atoms with Gasteiger partial charge in [-0.1, -0.05) is 37.3 Å². The normalized spacial score (nSPS) is 17.5. The molecule has 1 aliphatic heterocycles. The fourth-order valence-electron chi connectivity index (χ4n) is 4.85. The minimum Gasteiger partial charge on any atom is -0.478 e. The molecular weight excluding hydrogens is 542 g/mol. The maximum absolute atomic E-state index is 14.0. The van der Waals surface area contributed by atoms with Gasteiger partial charge in [-0.25, -0.2) is 14.3 Å². The van der Waals surface area contributed by atoms with Crippen molar-refractivity contribution < 1.29 is 34.4 Å². The maximum Gasteiger partial charge on any atom is 0.328 e. The number of hydrogen-bond donors (Lipinski definition) is 4. The molecule has 1 unspecified atom stereocenters. The zero-order chi connectivity index (χ0) is 31.2. The third kappa shape index (κ3) is 10.7. The van der Waals surface area contributed by atoms with Crippen LogP contribution in [0.2, 0.25) is 0 Å². The van der Waals surface area contributed by atoms with Crippen LogP contribution in [0.4, 0.5) is 0 Å². The third-order valence-corrected chi connectivity index (χ3v) is 7.00. The van der Waals surface area contributed by atoms with Crippen LogP contribution in [0.25, 0.3) is 5.69 Å². The minimum absolute atomic E-state index is 0.00760. The first-order valence-corrected chi connectivity index (χ1v) is 14.3.